The summed E-state index contributed by atoms with van der Waals surface area (Å²) in [6, 6.07) is 5.62. The van der Waals surface area contributed by atoms with E-state index in [2.05, 4.69) is 9.97 Å². The fraction of sp³-hybridized carbons (Fsp3) is 0.300. The fourth-order valence-corrected chi connectivity index (χ4v) is 1.37. The Morgan fingerprint density at radius 2 is 2.27 bits per heavy atom. The second-order valence-corrected chi connectivity index (χ2v) is 2.95. The highest BCUT2D eigenvalue weighted by Gasteiger charge is 2.02. The van der Waals surface area contributed by atoms with Crippen LogP contribution in [0.1, 0.15) is 12.7 Å². The molecule has 0 unspecified atom stereocenters. The minimum Gasteiger partial charge on any atom is -0.494 e. The molecule has 0 atom stereocenters. The van der Waals surface area contributed by atoms with Crippen molar-refractivity contribution < 1.29 is 9.84 Å². The zero-order valence-corrected chi connectivity index (χ0v) is 9.17. The number of fused-ring (bicyclic) bond motifs is 1. The first kappa shape index (κ1) is 11.8. The maximum Gasteiger partial charge on any atom is 0.133 e. The molecular weight excluding hydrogens is 216 g/mol. The molecule has 1 aromatic heterocycles. The molecule has 5 heteroatoms. The van der Waals surface area contributed by atoms with Gasteiger partial charge in [0.05, 0.1) is 17.6 Å². The van der Waals surface area contributed by atoms with Gasteiger partial charge in [-0.2, -0.15) is 0 Å². The van der Waals surface area contributed by atoms with Crippen molar-refractivity contribution in [2.75, 3.05) is 6.61 Å². The number of halogens is 1. The smallest absolute Gasteiger partial charge is 0.133 e. The molecule has 0 fully saturated rings. The molecule has 2 rings (SSSR count). The van der Waals surface area contributed by atoms with Gasteiger partial charge >= 0.3 is 0 Å². The van der Waals surface area contributed by atoms with E-state index < -0.39 is 0 Å². The predicted molar refractivity (Wildman–Crippen MR) is 60.4 cm³/mol. The highest BCUT2D eigenvalue weighted by Crippen LogP contribution is 2.18. The van der Waals surface area contributed by atoms with Gasteiger partial charge in [0, 0.05) is 6.07 Å². The molecule has 82 valence electrons. The second kappa shape index (κ2) is 5.00. The first-order valence-corrected chi connectivity index (χ1v) is 4.55. The number of aliphatic hydroxyl groups is 1. The van der Waals surface area contributed by atoms with Crippen molar-refractivity contribution in [3.05, 3.63) is 24.0 Å². The third-order valence-corrected chi connectivity index (χ3v) is 1.96. The molecule has 0 aliphatic heterocycles. The van der Waals surface area contributed by atoms with Gasteiger partial charge in [-0.3, -0.25) is 0 Å². The van der Waals surface area contributed by atoms with Crippen LogP contribution < -0.4 is 4.74 Å². The van der Waals surface area contributed by atoms with Crippen LogP contribution in [-0.4, -0.2) is 21.7 Å². The number of H-pyrrole nitrogens is 1. The highest BCUT2D eigenvalue weighted by atomic mass is 35.5. The van der Waals surface area contributed by atoms with Gasteiger partial charge < -0.3 is 14.8 Å². The quantitative estimate of drug-likeness (QED) is 0.843. The summed E-state index contributed by atoms with van der Waals surface area (Å²) in [7, 11) is 0. The molecule has 15 heavy (non-hydrogen) atoms. The highest BCUT2D eigenvalue weighted by molar-refractivity contribution is 5.85. The average Bonchev–Trinajstić information content (AvgIpc) is 2.60. The monoisotopic (exact) mass is 228 g/mol. The average molecular weight is 229 g/mol. The van der Waals surface area contributed by atoms with E-state index in [4.69, 9.17) is 9.84 Å². The van der Waals surface area contributed by atoms with E-state index in [-0.39, 0.29) is 19.0 Å². The zero-order valence-electron chi connectivity index (χ0n) is 8.36. The summed E-state index contributed by atoms with van der Waals surface area (Å²) in [4.78, 5) is 7.17. The van der Waals surface area contributed by atoms with Crippen molar-refractivity contribution in [2.45, 2.75) is 13.5 Å². The summed E-state index contributed by atoms with van der Waals surface area (Å²) in [6.07, 6.45) is 0. The van der Waals surface area contributed by atoms with Crippen LogP contribution >= 0.6 is 12.4 Å². The molecule has 2 aromatic rings. The van der Waals surface area contributed by atoms with E-state index in [9.17, 15) is 0 Å². The minimum absolute atomic E-state index is 0. The Kier molecular flexibility index (Phi) is 3.94. The molecule has 0 aliphatic carbocycles. The van der Waals surface area contributed by atoms with Crippen LogP contribution in [0.5, 0.6) is 5.75 Å². The summed E-state index contributed by atoms with van der Waals surface area (Å²) in [5.41, 5.74) is 1.73. The molecule has 2 N–H and O–H groups in total. The van der Waals surface area contributed by atoms with E-state index in [1.54, 1.807) is 0 Å². The first-order chi connectivity index (χ1) is 6.83. The molecule has 0 bridgehead atoms. The Morgan fingerprint density at radius 1 is 1.47 bits per heavy atom. The van der Waals surface area contributed by atoms with E-state index >= 15 is 0 Å². The van der Waals surface area contributed by atoms with Gasteiger partial charge in [-0.05, 0) is 19.1 Å². The number of hydrogen-bond donors (Lipinski definition) is 2. The Hall–Kier alpha value is -1.26. The number of imidazole rings is 1. The number of aromatic nitrogens is 2. The van der Waals surface area contributed by atoms with Crippen molar-refractivity contribution in [1.29, 1.82) is 0 Å². The Balaban J connectivity index is 0.00000112. The van der Waals surface area contributed by atoms with Gasteiger partial charge in [0.25, 0.3) is 0 Å². The molecule has 0 aliphatic rings. The van der Waals surface area contributed by atoms with Crippen molar-refractivity contribution in [2.24, 2.45) is 0 Å². The molecule has 0 amide bonds. The summed E-state index contributed by atoms with van der Waals surface area (Å²) in [5, 5.41) is 8.89. The SMILES string of the molecule is CCOc1ccc2nc(CO)[nH]c2c1.Cl. The molecule has 0 saturated carbocycles. The van der Waals surface area contributed by atoms with Crippen molar-refractivity contribution in [3.8, 4) is 5.75 Å². The standard InChI is InChI=1S/C10H12N2O2.ClH/c1-2-14-7-3-4-8-9(5-7)12-10(6-13)11-8;/h3-5,13H,2,6H2,1H3,(H,11,12);1H. The lowest BCUT2D eigenvalue weighted by atomic mass is 10.3. The molecular formula is C10H13ClN2O2. The number of aromatic amines is 1. The minimum atomic E-state index is -0.0708. The summed E-state index contributed by atoms with van der Waals surface area (Å²) >= 11 is 0. The lowest BCUT2D eigenvalue weighted by Gasteiger charge is -2.00. The van der Waals surface area contributed by atoms with E-state index in [1.165, 1.54) is 0 Å². The molecule has 0 spiro atoms. The normalized spacial score (nSPS) is 10.0. The van der Waals surface area contributed by atoms with Gasteiger partial charge in [0.15, 0.2) is 0 Å². The third-order valence-electron chi connectivity index (χ3n) is 1.96. The largest absolute Gasteiger partial charge is 0.494 e. The van der Waals surface area contributed by atoms with Gasteiger partial charge in [-0.15, -0.1) is 12.4 Å². The summed E-state index contributed by atoms with van der Waals surface area (Å²) in [5.74, 6) is 1.39. The van der Waals surface area contributed by atoms with Crippen LogP contribution in [0, 0.1) is 0 Å². The lowest BCUT2D eigenvalue weighted by molar-refractivity contribution is 0.273. The number of benzene rings is 1. The Labute approximate surface area is 93.7 Å². The Morgan fingerprint density at radius 3 is 2.93 bits per heavy atom. The molecule has 1 heterocycles. The third kappa shape index (κ3) is 2.40. The van der Waals surface area contributed by atoms with Crippen molar-refractivity contribution >= 4 is 23.4 Å². The van der Waals surface area contributed by atoms with E-state index in [1.807, 2.05) is 25.1 Å². The number of rotatable bonds is 3. The number of nitrogens with zero attached hydrogens (tertiary/aromatic N) is 1. The van der Waals surface area contributed by atoms with Crippen LogP contribution in [0.15, 0.2) is 18.2 Å². The number of nitrogens with one attached hydrogen (secondary N) is 1. The molecule has 0 radical (unpaired) electrons. The molecule has 0 saturated heterocycles. The van der Waals surface area contributed by atoms with Crippen LogP contribution in [0.4, 0.5) is 0 Å². The maximum absolute atomic E-state index is 8.89. The van der Waals surface area contributed by atoms with Crippen molar-refractivity contribution in [1.82, 2.24) is 9.97 Å². The van der Waals surface area contributed by atoms with Crippen LogP contribution in [-0.2, 0) is 6.61 Å². The van der Waals surface area contributed by atoms with E-state index in [0.717, 1.165) is 16.8 Å². The zero-order chi connectivity index (χ0) is 9.97. The first-order valence-electron chi connectivity index (χ1n) is 4.55. The summed E-state index contributed by atoms with van der Waals surface area (Å²) < 4.78 is 5.35. The van der Waals surface area contributed by atoms with Crippen LogP contribution in [0.3, 0.4) is 0 Å². The Bertz CT molecular complexity index is 442. The van der Waals surface area contributed by atoms with Gasteiger partial charge in [-0.1, -0.05) is 0 Å². The van der Waals surface area contributed by atoms with Gasteiger partial charge in [0.1, 0.15) is 18.2 Å². The number of aliphatic hydroxyl groups excluding tert-OH is 1. The fourth-order valence-electron chi connectivity index (χ4n) is 1.37. The van der Waals surface area contributed by atoms with Gasteiger partial charge in [-0.25, -0.2) is 4.98 Å². The topological polar surface area (TPSA) is 58.1 Å². The second-order valence-electron chi connectivity index (χ2n) is 2.95. The summed E-state index contributed by atoms with van der Waals surface area (Å²) in [6.45, 7) is 2.52. The number of hydrogen-bond acceptors (Lipinski definition) is 3. The van der Waals surface area contributed by atoms with Crippen LogP contribution in [0.25, 0.3) is 11.0 Å². The van der Waals surface area contributed by atoms with Crippen LogP contribution in [0.2, 0.25) is 0 Å². The molecule has 1 aromatic carbocycles. The van der Waals surface area contributed by atoms with Gasteiger partial charge in [0.2, 0.25) is 0 Å². The maximum atomic E-state index is 8.89. The van der Waals surface area contributed by atoms with Crippen molar-refractivity contribution in [3.63, 3.8) is 0 Å². The lowest BCUT2D eigenvalue weighted by Crippen LogP contribution is -1.90. The predicted octanol–water partition coefficient (Wildman–Crippen LogP) is 1.88. The molecule has 4 nitrogen and oxygen atoms in total. The number of ether oxygens (including phenoxy) is 1. The van der Waals surface area contributed by atoms with E-state index in [0.29, 0.717) is 12.4 Å².